The number of carbonyl (C=O) groups excluding carboxylic acids is 1. The first-order valence-electron chi connectivity index (χ1n) is 8.50. The Kier molecular flexibility index (Phi) is 7.84. The lowest BCUT2D eigenvalue weighted by molar-refractivity contribution is -0.149. The second-order valence-corrected chi connectivity index (χ2v) is 6.40. The summed E-state index contributed by atoms with van der Waals surface area (Å²) in [7, 11) is 2.26. The predicted octanol–water partition coefficient (Wildman–Crippen LogP) is 3.29. The van der Waals surface area contributed by atoms with Crippen LogP contribution in [0.2, 0.25) is 5.02 Å². The van der Waals surface area contributed by atoms with Gasteiger partial charge in [0.15, 0.2) is 0 Å². The van der Waals surface area contributed by atoms with Crippen LogP contribution in [0.4, 0.5) is 26.3 Å². The molecule has 0 amide bonds. The molecule has 0 saturated carbocycles. The van der Waals surface area contributed by atoms with E-state index in [9.17, 15) is 40.7 Å². The van der Waals surface area contributed by atoms with Crippen LogP contribution < -0.4 is 16.0 Å². The zero-order chi connectivity index (χ0) is 25.1. The third-order valence-corrected chi connectivity index (χ3v) is 4.27. The number of ether oxygens (including phenoxy) is 3. The molecule has 0 fully saturated rings. The van der Waals surface area contributed by atoms with Gasteiger partial charge in [-0.05, 0) is 6.07 Å². The Bertz CT molecular complexity index is 1200. The van der Waals surface area contributed by atoms with Gasteiger partial charge in [-0.3, -0.25) is 4.79 Å². The average Bonchev–Trinajstić information content (AvgIpc) is 2.71. The topological polar surface area (TPSA) is 88.8 Å². The molecule has 1 aromatic heterocycles. The van der Waals surface area contributed by atoms with Crippen LogP contribution in [0.15, 0.2) is 39.6 Å². The Morgan fingerprint density at radius 1 is 1.15 bits per heavy atom. The lowest BCUT2D eigenvalue weighted by atomic mass is 10.2. The summed E-state index contributed by atoms with van der Waals surface area (Å²) in [4.78, 5) is 35.8. The molecule has 0 saturated heterocycles. The number of carbonyl (C=O) groups is 1. The first-order valence-corrected chi connectivity index (χ1v) is 8.88. The minimum Gasteiger partial charge on any atom is -0.497 e. The Morgan fingerprint density at radius 3 is 2.30 bits per heavy atom. The van der Waals surface area contributed by atoms with Gasteiger partial charge in [0.05, 0.1) is 31.0 Å². The third kappa shape index (κ3) is 5.69. The fourth-order valence-corrected chi connectivity index (χ4v) is 2.69. The van der Waals surface area contributed by atoms with Crippen molar-refractivity contribution in [1.29, 1.82) is 0 Å². The fourth-order valence-electron chi connectivity index (χ4n) is 2.48. The van der Waals surface area contributed by atoms with Crippen molar-refractivity contribution in [2.45, 2.75) is 12.7 Å². The van der Waals surface area contributed by atoms with E-state index in [-0.39, 0.29) is 16.4 Å². The summed E-state index contributed by atoms with van der Waals surface area (Å²) in [6, 6.07) is 0.901. The van der Waals surface area contributed by atoms with Gasteiger partial charge in [-0.15, -0.1) is 0 Å². The molecule has 0 aliphatic carbocycles. The van der Waals surface area contributed by atoms with Crippen LogP contribution in [0.25, 0.3) is 5.69 Å². The van der Waals surface area contributed by atoms with Crippen molar-refractivity contribution in [3.8, 4) is 11.4 Å². The fraction of sp³-hybridized carbons (Fsp3) is 0.278. The predicted molar refractivity (Wildman–Crippen MR) is 100 cm³/mol. The molecule has 2 aromatic rings. The maximum absolute atomic E-state index is 14.5. The summed E-state index contributed by atoms with van der Waals surface area (Å²) in [5.41, 5.74) is -7.12. The second-order valence-electron chi connectivity index (χ2n) is 5.99. The highest BCUT2D eigenvalue weighted by Crippen LogP contribution is 2.31. The summed E-state index contributed by atoms with van der Waals surface area (Å²) in [5, 5.41) is -0.418. The van der Waals surface area contributed by atoms with Crippen molar-refractivity contribution in [2.24, 2.45) is 0 Å². The molecule has 0 bridgehead atoms. The summed E-state index contributed by atoms with van der Waals surface area (Å²) >= 11 is 5.84. The van der Waals surface area contributed by atoms with Gasteiger partial charge >= 0.3 is 24.4 Å². The summed E-state index contributed by atoms with van der Waals surface area (Å²) in [6.07, 6.45) is -4.58. The number of alkyl halides is 5. The molecule has 1 heterocycles. The SMILES string of the molecule is COC(=O)/C=C(\COc1cc(-n2c(=O)cc(C(F)(F)F)n(C(F)F)c2=O)c(F)cc1Cl)OC. The number of halogens is 7. The minimum absolute atomic E-state index is 0.101. The maximum Gasteiger partial charge on any atom is 0.431 e. The molecule has 15 heteroatoms. The van der Waals surface area contributed by atoms with Crippen molar-refractivity contribution >= 4 is 17.6 Å². The van der Waals surface area contributed by atoms with Crippen molar-refractivity contribution in [1.82, 2.24) is 9.13 Å². The highest BCUT2D eigenvalue weighted by Gasteiger charge is 2.38. The van der Waals surface area contributed by atoms with Gasteiger partial charge in [-0.1, -0.05) is 11.6 Å². The van der Waals surface area contributed by atoms with E-state index in [1.54, 1.807) is 0 Å². The molecule has 180 valence electrons. The zero-order valence-electron chi connectivity index (χ0n) is 16.6. The molecule has 0 aliphatic heterocycles. The van der Waals surface area contributed by atoms with Crippen molar-refractivity contribution in [3.05, 3.63) is 67.4 Å². The lowest BCUT2D eigenvalue weighted by Crippen LogP contribution is -2.42. The number of hydrogen-bond donors (Lipinski definition) is 0. The van der Waals surface area contributed by atoms with Gasteiger partial charge in [-0.2, -0.15) is 22.0 Å². The first kappa shape index (κ1) is 25.8. The van der Waals surface area contributed by atoms with E-state index >= 15 is 0 Å². The number of benzene rings is 1. The van der Waals surface area contributed by atoms with E-state index in [4.69, 9.17) is 21.1 Å². The molecular weight excluding hydrogens is 490 g/mol. The molecule has 1 aromatic carbocycles. The highest BCUT2D eigenvalue weighted by atomic mass is 35.5. The summed E-state index contributed by atoms with van der Waals surface area (Å²) in [5.74, 6) is -2.74. The minimum atomic E-state index is -5.47. The van der Waals surface area contributed by atoms with Gasteiger partial charge in [0.1, 0.15) is 29.6 Å². The third-order valence-electron chi connectivity index (χ3n) is 3.98. The second kappa shape index (κ2) is 10.0. The van der Waals surface area contributed by atoms with Crippen LogP contribution in [-0.4, -0.2) is 35.9 Å². The van der Waals surface area contributed by atoms with Gasteiger partial charge in [0.25, 0.3) is 5.56 Å². The average molecular weight is 503 g/mol. The number of aromatic nitrogens is 2. The van der Waals surface area contributed by atoms with E-state index < -0.39 is 69.1 Å². The van der Waals surface area contributed by atoms with E-state index in [1.165, 1.54) is 7.11 Å². The van der Waals surface area contributed by atoms with Crippen LogP contribution in [0.1, 0.15) is 12.2 Å². The standard InChI is InChI=1S/C18H13ClF6N2O6/c1-31-8(3-15(29)32-2)7-33-12-5-11(10(20)4-9(12)19)26-14(28)6-13(18(23,24)25)27(16(21)22)17(26)30/h3-6,16H,7H2,1-2H3/b8-3+. The van der Waals surface area contributed by atoms with Gasteiger partial charge < -0.3 is 14.2 Å². The van der Waals surface area contributed by atoms with Crippen LogP contribution >= 0.6 is 11.6 Å². The number of methoxy groups -OCH3 is 2. The smallest absolute Gasteiger partial charge is 0.431 e. The Balaban J connectivity index is 2.64. The van der Waals surface area contributed by atoms with E-state index in [2.05, 4.69) is 4.74 Å². The number of esters is 1. The van der Waals surface area contributed by atoms with Crippen LogP contribution in [-0.2, 0) is 20.4 Å². The molecule has 33 heavy (non-hydrogen) atoms. The molecule has 0 spiro atoms. The van der Waals surface area contributed by atoms with E-state index in [0.29, 0.717) is 12.1 Å². The summed E-state index contributed by atoms with van der Waals surface area (Å²) in [6.45, 7) is -4.50. The lowest BCUT2D eigenvalue weighted by Gasteiger charge is -2.17. The van der Waals surface area contributed by atoms with Crippen molar-refractivity contribution < 1.29 is 45.3 Å². The van der Waals surface area contributed by atoms with Gasteiger partial charge in [0, 0.05) is 12.1 Å². The molecule has 0 unspecified atom stereocenters. The highest BCUT2D eigenvalue weighted by molar-refractivity contribution is 6.32. The molecule has 0 radical (unpaired) electrons. The number of nitrogens with zero attached hydrogens (tertiary/aromatic N) is 2. The molecular formula is C18H13ClF6N2O6. The normalized spacial score (nSPS) is 12.1. The Morgan fingerprint density at radius 2 is 1.79 bits per heavy atom. The largest absolute Gasteiger partial charge is 0.497 e. The van der Waals surface area contributed by atoms with Crippen LogP contribution in [0, 0.1) is 5.82 Å². The number of hydrogen-bond acceptors (Lipinski definition) is 6. The van der Waals surface area contributed by atoms with E-state index in [1.807, 2.05) is 0 Å². The maximum atomic E-state index is 14.5. The Labute approximate surface area is 185 Å². The Hall–Kier alpha value is -3.42. The van der Waals surface area contributed by atoms with E-state index in [0.717, 1.165) is 13.2 Å². The monoisotopic (exact) mass is 502 g/mol. The van der Waals surface area contributed by atoms with Crippen LogP contribution in [0.3, 0.4) is 0 Å². The van der Waals surface area contributed by atoms with Crippen LogP contribution in [0.5, 0.6) is 5.75 Å². The number of rotatable bonds is 7. The molecule has 8 nitrogen and oxygen atoms in total. The van der Waals surface area contributed by atoms with Gasteiger partial charge in [-0.25, -0.2) is 23.1 Å². The molecule has 2 rings (SSSR count). The molecule has 0 N–H and O–H groups in total. The summed E-state index contributed by atoms with van der Waals surface area (Å²) < 4.78 is 93.2. The zero-order valence-corrected chi connectivity index (χ0v) is 17.3. The quantitative estimate of drug-likeness (QED) is 0.250. The molecule has 0 atom stereocenters. The van der Waals surface area contributed by atoms with Crippen molar-refractivity contribution in [2.75, 3.05) is 20.8 Å². The molecule has 0 aliphatic rings. The first-order chi connectivity index (χ1) is 15.3. The van der Waals surface area contributed by atoms with Crippen molar-refractivity contribution in [3.63, 3.8) is 0 Å². The van der Waals surface area contributed by atoms with Gasteiger partial charge in [0.2, 0.25) is 0 Å².